The van der Waals surface area contributed by atoms with Crippen LogP contribution in [-0.4, -0.2) is 33.4 Å². The molecule has 0 fully saturated rings. The highest BCUT2D eigenvalue weighted by Crippen LogP contribution is 2.32. The lowest BCUT2D eigenvalue weighted by atomic mass is 10.1. The van der Waals surface area contributed by atoms with E-state index in [9.17, 15) is 17.6 Å². The number of hydrogen-bond donors (Lipinski definition) is 1. The molecule has 1 amide bonds. The molecule has 2 aromatic carbocycles. The molecule has 1 heterocycles. The van der Waals surface area contributed by atoms with Crippen LogP contribution >= 0.6 is 11.6 Å². The summed E-state index contributed by atoms with van der Waals surface area (Å²) in [6, 6.07) is 7.76. The van der Waals surface area contributed by atoms with Gasteiger partial charge in [-0.15, -0.1) is 0 Å². The monoisotopic (exact) mass is 442 g/mol. The molecule has 1 aliphatic rings. The van der Waals surface area contributed by atoms with Crippen molar-refractivity contribution in [2.24, 2.45) is 0 Å². The van der Waals surface area contributed by atoms with Crippen LogP contribution in [0.15, 0.2) is 36.4 Å². The van der Waals surface area contributed by atoms with Crippen molar-refractivity contribution >= 4 is 33.2 Å². The maximum atomic E-state index is 13.5. The molecular weight excluding hydrogens is 423 g/mol. The van der Waals surface area contributed by atoms with Gasteiger partial charge in [0.05, 0.1) is 17.0 Å². The average molecular weight is 443 g/mol. The van der Waals surface area contributed by atoms with E-state index in [4.69, 9.17) is 21.1 Å². The number of ether oxygens (including phenoxy) is 2. The zero-order valence-corrected chi connectivity index (χ0v) is 17.4. The van der Waals surface area contributed by atoms with Gasteiger partial charge in [0, 0.05) is 6.54 Å². The Morgan fingerprint density at radius 1 is 1.24 bits per heavy atom. The van der Waals surface area contributed by atoms with Gasteiger partial charge < -0.3 is 14.8 Å². The number of carbonyl (C=O) groups excluding carboxylic acids is 1. The second kappa shape index (κ2) is 8.46. The van der Waals surface area contributed by atoms with E-state index in [-0.39, 0.29) is 30.5 Å². The van der Waals surface area contributed by atoms with E-state index < -0.39 is 27.8 Å². The fourth-order valence-electron chi connectivity index (χ4n) is 3.04. The minimum atomic E-state index is -3.84. The number of carbonyl (C=O) groups is 1. The maximum absolute atomic E-state index is 13.5. The van der Waals surface area contributed by atoms with Gasteiger partial charge in [0.1, 0.15) is 11.9 Å². The van der Waals surface area contributed by atoms with Gasteiger partial charge in [-0.2, -0.15) is 0 Å². The van der Waals surface area contributed by atoms with Gasteiger partial charge in [-0.05, 0) is 42.3 Å². The summed E-state index contributed by atoms with van der Waals surface area (Å²) in [5.41, 5.74) is 0.886. The number of nitrogens with zero attached hydrogens (tertiary/aromatic N) is 1. The van der Waals surface area contributed by atoms with Crippen LogP contribution in [0.25, 0.3) is 0 Å². The molecule has 156 valence electrons. The van der Waals surface area contributed by atoms with Gasteiger partial charge in [-0.1, -0.05) is 24.6 Å². The van der Waals surface area contributed by atoms with Gasteiger partial charge in [0.25, 0.3) is 0 Å². The standard InChI is InChI=1S/C19H20ClFN2O5S/c1-3-16(23(29(2,25)26)13-5-6-15(21)14(20)9-13)19(24)22-10-12-4-7-17-18(8-12)28-11-27-17/h4-9,16H,3,10-11H2,1-2H3,(H,22,24)/t16-/m0/s1. The Balaban J connectivity index is 1.80. The molecule has 3 rings (SSSR count). The first-order valence-corrected chi connectivity index (χ1v) is 11.0. The van der Waals surface area contributed by atoms with E-state index in [0.29, 0.717) is 11.5 Å². The minimum Gasteiger partial charge on any atom is -0.454 e. The quantitative estimate of drug-likeness (QED) is 0.712. The Morgan fingerprint density at radius 3 is 2.62 bits per heavy atom. The molecule has 1 atom stereocenters. The van der Waals surface area contributed by atoms with E-state index in [1.807, 2.05) is 0 Å². The lowest BCUT2D eigenvalue weighted by molar-refractivity contribution is -0.122. The molecular formula is C19H20ClFN2O5S. The summed E-state index contributed by atoms with van der Waals surface area (Å²) >= 11 is 5.80. The van der Waals surface area contributed by atoms with Crippen LogP contribution in [0.5, 0.6) is 11.5 Å². The highest BCUT2D eigenvalue weighted by atomic mass is 35.5. The predicted molar refractivity (Wildman–Crippen MR) is 107 cm³/mol. The number of halogens is 2. The fourth-order valence-corrected chi connectivity index (χ4v) is 4.42. The van der Waals surface area contributed by atoms with E-state index in [0.717, 1.165) is 22.2 Å². The molecule has 0 aliphatic carbocycles. The largest absolute Gasteiger partial charge is 0.454 e. The molecule has 1 aliphatic heterocycles. The van der Waals surface area contributed by atoms with Crippen molar-refractivity contribution in [3.8, 4) is 11.5 Å². The Labute approximate surface area is 173 Å². The average Bonchev–Trinajstić information content (AvgIpc) is 3.13. The Hall–Kier alpha value is -2.52. The van der Waals surface area contributed by atoms with Crippen molar-refractivity contribution < 1.29 is 27.1 Å². The van der Waals surface area contributed by atoms with Gasteiger partial charge in [0.2, 0.25) is 22.7 Å². The highest BCUT2D eigenvalue weighted by Gasteiger charge is 2.31. The molecule has 0 radical (unpaired) electrons. The predicted octanol–water partition coefficient (Wildman–Crippen LogP) is 3.07. The number of rotatable bonds is 7. The summed E-state index contributed by atoms with van der Waals surface area (Å²) < 4.78 is 49.8. The Bertz CT molecular complexity index is 1030. The van der Waals surface area contributed by atoms with Crippen molar-refractivity contribution in [2.75, 3.05) is 17.4 Å². The van der Waals surface area contributed by atoms with E-state index in [1.54, 1.807) is 25.1 Å². The number of sulfonamides is 1. The number of anilines is 1. The van der Waals surface area contributed by atoms with Crippen molar-refractivity contribution in [2.45, 2.75) is 25.9 Å². The van der Waals surface area contributed by atoms with Crippen LogP contribution in [-0.2, 0) is 21.4 Å². The summed E-state index contributed by atoms with van der Waals surface area (Å²) in [6.07, 6.45) is 1.19. The smallest absolute Gasteiger partial charge is 0.244 e. The van der Waals surface area contributed by atoms with Crippen molar-refractivity contribution in [3.63, 3.8) is 0 Å². The molecule has 0 saturated carbocycles. The third kappa shape index (κ3) is 4.73. The van der Waals surface area contributed by atoms with E-state index in [2.05, 4.69) is 5.32 Å². The minimum absolute atomic E-state index is 0.115. The zero-order valence-electron chi connectivity index (χ0n) is 15.8. The number of fused-ring (bicyclic) bond motifs is 1. The lowest BCUT2D eigenvalue weighted by Crippen LogP contribution is -2.49. The first-order valence-electron chi connectivity index (χ1n) is 8.81. The van der Waals surface area contributed by atoms with Crippen LogP contribution in [0.1, 0.15) is 18.9 Å². The zero-order chi connectivity index (χ0) is 21.2. The highest BCUT2D eigenvalue weighted by molar-refractivity contribution is 7.92. The van der Waals surface area contributed by atoms with Crippen LogP contribution in [0.2, 0.25) is 5.02 Å². The normalized spacial score (nSPS) is 13.8. The Kier molecular flexibility index (Phi) is 6.18. The molecule has 0 saturated heterocycles. The van der Waals surface area contributed by atoms with E-state index >= 15 is 0 Å². The van der Waals surface area contributed by atoms with Crippen molar-refractivity contribution in [1.29, 1.82) is 0 Å². The molecule has 1 N–H and O–H groups in total. The number of benzene rings is 2. The molecule has 0 unspecified atom stereocenters. The fraction of sp³-hybridized carbons (Fsp3) is 0.316. The van der Waals surface area contributed by atoms with Crippen LogP contribution in [0, 0.1) is 5.82 Å². The Morgan fingerprint density at radius 2 is 1.97 bits per heavy atom. The van der Waals surface area contributed by atoms with Gasteiger partial charge in [-0.25, -0.2) is 12.8 Å². The van der Waals surface area contributed by atoms with Crippen LogP contribution < -0.4 is 19.1 Å². The van der Waals surface area contributed by atoms with Crippen LogP contribution in [0.3, 0.4) is 0 Å². The summed E-state index contributed by atoms with van der Waals surface area (Å²) in [5.74, 6) is 0.0469. The maximum Gasteiger partial charge on any atom is 0.244 e. The molecule has 7 nitrogen and oxygen atoms in total. The number of amides is 1. The molecule has 0 bridgehead atoms. The summed E-state index contributed by atoms with van der Waals surface area (Å²) in [7, 11) is -3.84. The number of nitrogens with one attached hydrogen (secondary N) is 1. The van der Waals surface area contributed by atoms with Crippen molar-refractivity contribution in [1.82, 2.24) is 5.32 Å². The molecule has 0 spiro atoms. The molecule has 2 aromatic rings. The first-order chi connectivity index (χ1) is 13.7. The lowest BCUT2D eigenvalue weighted by Gasteiger charge is -2.30. The summed E-state index contributed by atoms with van der Waals surface area (Å²) in [4.78, 5) is 12.8. The van der Waals surface area contributed by atoms with Crippen LogP contribution in [0.4, 0.5) is 10.1 Å². The third-order valence-corrected chi connectivity index (χ3v) is 5.86. The molecule has 0 aromatic heterocycles. The summed E-state index contributed by atoms with van der Waals surface area (Å²) in [6.45, 7) is 2.01. The number of hydrogen-bond acceptors (Lipinski definition) is 5. The summed E-state index contributed by atoms with van der Waals surface area (Å²) in [5, 5.41) is 2.51. The topological polar surface area (TPSA) is 84.9 Å². The van der Waals surface area contributed by atoms with Gasteiger partial charge >= 0.3 is 0 Å². The van der Waals surface area contributed by atoms with E-state index in [1.165, 1.54) is 12.1 Å². The second-order valence-electron chi connectivity index (χ2n) is 6.49. The molecule has 29 heavy (non-hydrogen) atoms. The molecule has 10 heteroatoms. The van der Waals surface area contributed by atoms with Gasteiger partial charge in [0.15, 0.2) is 11.5 Å². The van der Waals surface area contributed by atoms with Crippen molar-refractivity contribution in [3.05, 3.63) is 52.8 Å². The second-order valence-corrected chi connectivity index (χ2v) is 8.75. The third-order valence-electron chi connectivity index (χ3n) is 4.39. The SMILES string of the molecule is CC[C@@H](C(=O)NCc1ccc2c(c1)OCO2)N(c1ccc(F)c(Cl)c1)S(C)(=O)=O. The first kappa shape index (κ1) is 21.2. The van der Waals surface area contributed by atoms with Gasteiger partial charge in [-0.3, -0.25) is 9.10 Å².